The highest BCUT2D eigenvalue weighted by Crippen LogP contribution is 2.47. The van der Waals surface area contributed by atoms with E-state index < -0.39 is 7.82 Å². The van der Waals surface area contributed by atoms with Gasteiger partial charge in [-0.05, 0) is 35.4 Å². The topological polar surface area (TPSA) is 98.5 Å². The minimum absolute atomic E-state index is 0.290. The van der Waals surface area contributed by atoms with E-state index >= 15 is 0 Å². The van der Waals surface area contributed by atoms with Gasteiger partial charge in [-0.2, -0.15) is 4.62 Å². The van der Waals surface area contributed by atoms with Crippen molar-refractivity contribution < 1.29 is 32.4 Å². The van der Waals surface area contributed by atoms with Crippen LogP contribution in [-0.4, -0.2) is 28.4 Å². The third-order valence-corrected chi connectivity index (χ3v) is 4.72. The number of phosphoric ester groups is 1. The highest BCUT2D eigenvalue weighted by Gasteiger charge is 2.25. The Balaban J connectivity index is 2.28. The lowest BCUT2D eigenvalue weighted by Crippen LogP contribution is -2.04. The van der Waals surface area contributed by atoms with E-state index in [1.807, 2.05) is 30.4 Å². The number of phosphoric acid groups is 1. The summed E-state index contributed by atoms with van der Waals surface area (Å²) in [5.74, 6) is 6.86. The number of hydrogen-bond donors (Lipinski definition) is 1. The minimum atomic E-state index is -3.82. The molecule has 0 aliphatic heterocycles. The van der Waals surface area contributed by atoms with Crippen molar-refractivity contribution in [1.29, 1.82) is 0 Å². The molecular weight excluding hydrogens is 373 g/mol. The first-order chi connectivity index (χ1) is 13.0. The third-order valence-electron chi connectivity index (χ3n) is 3.58. The largest absolute Gasteiger partial charge is 0.546 e. The molecule has 2 aromatic rings. The summed E-state index contributed by atoms with van der Waals surface area (Å²) in [5.41, 5.74) is 1.63. The lowest BCUT2D eigenvalue weighted by Gasteiger charge is -2.13. The predicted molar refractivity (Wildman–Crippen MR) is 102 cm³/mol. The standard InChI is InChI=1S/C18H22NO7P/c1-21-16-11-14(12-17(22-2)18(16)23-3)9-8-13-6-5-7-15(10-13)25-27(20,24-4)26-19/h5-12H,19H2,1-4H3/b9-8-. The van der Waals surface area contributed by atoms with Gasteiger partial charge in [0.15, 0.2) is 11.5 Å². The Morgan fingerprint density at radius 2 is 1.52 bits per heavy atom. The van der Waals surface area contributed by atoms with E-state index in [1.54, 1.807) is 39.5 Å². The summed E-state index contributed by atoms with van der Waals surface area (Å²) < 4.78 is 42.1. The van der Waals surface area contributed by atoms with Gasteiger partial charge in [-0.1, -0.05) is 24.3 Å². The van der Waals surface area contributed by atoms with Gasteiger partial charge in [0.2, 0.25) is 5.75 Å². The molecule has 146 valence electrons. The Hall–Kier alpha value is -2.51. The zero-order valence-electron chi connectivity index (χ0n) is 15.5. The molecule has 2 aromatic carbocycles. The van der Waals surface area contributed by atoms with Crippen molar-refractivity contribution in [2.24, 2.45) is 5.90 Å². The van der Waals surface area contributed by atoms with Crippen LogP contribution in [0.4, 0.5) is 0 Å². The van der Waals surface area contributed by atoms with Crippen LogP contribution in [0.3, 0.4) is 0 Å². The molecule has 9 heteroatoms. The fourth-order valence-electron chi connectivity index (χ4n) is 2.30. The fourth-order valence-corrected chi connectivity index (χ4v) is 2.87. The van der Waals surface area contributed by atoms with Gasteiger partial charge in [-0.3, -0.25) is 4.52 Å². The second kappa shape index (κ2) is 9.43. The Labute approximate surface area is 158 Å². The molecule has 0 bridgehead atoms. The van der Waals surface area contributed by atoms with E-state index in [4.69, 9.17) is 24.6 Å². The first-order valence-electron chi connectivity index (χ1n) is 7.80. The van der Waals surface area contributed by atoms with Crippen LogP contribution in [0.25, 0.3) is 12.2 Å². The fraction of sp³-hybridized carbons (Fsp3) is 0.222. The lowest BCUT2D eigenvalue weighted by atomic mass is 10.1. The monoisotopic (exact) mass is 395 g/mol. The number of ether oxygens (including phenoxy) is 3. The molecule has 0 radical (unpaired) electrons. The van der Waals surface area contributed by atoms with Crippen molar-refractivity contribution in [3.8, 4) is 23.0 Å². The first kappa shape index (κ1) is 20.8. The number of nitrogens with two attached hydrogens (primary N) is 1. The summed E-state index contributed by atoms with van der Waals surface area (Å²) in [4.78, 5) is 0. The molecule has 0 heterocycles. The summed E-state index contributed by atoms with van der Waals surface area (Å²) in [6, 6.07) is 10.5. The van der Waals surface area contributed by atoms with Crippen molar-refractivity contribution >= 4 is 20.0 Å². The van der Waals surface area contributed by atoms with Gasteiger partial charge in [0.25, 0.3) is 0 Å². The molecule has 1 unspecified atom stereocenters. The maximum absolute atomic E-state index is 12.0. The Morgan fingerprint density at radius 1 is 0.889 bits per heavy atom. The molecule has 27 heavy (non-hydrogen) atoms. The van der Waals surface area contributed by atoms with Crippen molar-refractivity contribution in [3.63, 3.8) is 0 Å². The zero-order chi connectivity index (χ0) is 19.9. The molecule has 2 N–H and O–H groups in total. The van der Waals surface area contributed by atoms with Gasteiger partial charge in [0, 0.05) is 7.11 Å². The highest BCUT2D eigenvalue weighted by atomic mass is 31.2. The maximum Gasteiger partial charge on any atom is 0.546 e. The molecule has 2 rings (SSSR count). The number of methoxy groups -OCH3 is 3. The van der Waals surface area contributed by atoms with E-state index in [0.29, 0.717) is 17.2 Å². The molecule has 0 saturated heterocycles. The van der Waals surface area contributed by atoms with E-state index in [2.05, 4.69) is 9.15 Å². The summed E-state index contributed by atoms with van der Waals surface area (Å²) >= 11 is 0. The van der Waals surface area contributed by atoms with Gasteiger partial charge in [-0.15, -0.1) is 0 Å². The van der Waals surface area contributed by atoms with E-state index in [9.17, 15) is 4.57 Å². The average molecular weight is 395 g/mol. The van der Waals surface area contributed by atoms with Gasteiger partial charge in [0.1, 0.15) is 5.75 Å². The zero-order valence-corrected chi connectivity index (χ0v) is 16.4. The molecular formula is C18H22NO7P. The van der Waals surface area contributed by atoms with E-state index in [0.717, 1.165) is 11.1 Å². The van der Waals surface area contributed by atoms with Crippen LogP contribution in [0.5, 0.6) is 23.0 Å². The molecule has 0 saturated carbocycles. The second-order valence-corrected chi connectivity index (χ2v) is 6.84. The third kappa shape index (κ3) is 5.24. The van der Waals surface area contributed by atoms with E-state index in [-0.39, 0.29) is 5.75 Å². The highest BCUT2D eigenvalue weighted by molar-refractivity contribution is 7.48. The molecule has 0 spiro atoms. The Bertz CT molecular complexity index is 820. The lowest BCUT2D eigenvalue weighted by molar-refractivity contribution is 0.182. The van der Waals surface area contributed by atoms with Crippen molar-refractivity contribution in [2.75, 3.05) is 28.4 Å². The molecule has 0 aromatic heterocycles. The Kier molecular flexibility index (Phi) is 7.27. The van der Waals surface area contributed by atoms with Gasteiger partial charge in [0.05, 0.1) is 21.3 Å². The van der Waals surface area contributed by atoms with Gasteiger partial charge >= 0.3 is 7.82 Å². The second-order valence-electron chi connectivity index (χ2n) is 5.19. The minimum Gasteiger partial charge on any atom is -0.493 e. The SMILES string of the molecule is COc1cc(/C=C\c2cccc(OP(=O)(OC)ON)c2)cc(OC)c1OC. The smallest absolute Gasteiger partial charge is 0.493 e. The first-order valence-corrected chi connectivity index (χ1v) is 9.26. The van der Waals surface area contributed by atoms with Gasteiger partial charge in [-0.25, -0.2) is 10.5 Å². The number of hydrogen-bond acceptors (Lipinski definition) is 8. The van der Waals surface area contributed by atoms with Crippen molar-refractivity contribution in [3.05, 3.63) is 47.5 Å². The average Bonchev–Trinajstić information content (AvgIpc) is 2.71. The van der Waals surface area contributed by atoms with Crippen molar-refractivity contribution in [2.45, 2.75) is 0 Å². The summed E-state index contributed by atoms with van der Waals surface area (Å²) in [7, 11) is 2.02. The van der Waals surface area contributed by atoms with Crippen molar-refractivity contribution in [1.82, 2.24) is 0 Å². The van der Waals surface area contributed by atoms with Crippen LogP contribution in [0.2, 0.25) is 0 Å². The van der Waals surface area contributed by atoms with Crippen LogP contribution < -0.4 is 24.6 Å². The molecule has 0 aliphatic rings. The molecule has 0 fully saturated rings. The Morgan fingerprint density at radius 3 is 2.04 bits per heavy atom. The quantitative estimate of drug-likeness (QED) is 0.388. The van der Waals surface area contributed by atoms with Crippen LogP contribution in [-0.2, 0) is 13.7 Å². The van der Waals surface area contributed by atoms with Crippen LogP contribution >= 0.6 is 7.82 Å². The summed E-state index contributed by atoms with van der Waals surface area (Å²) in [5, 5.41) is 0. The normalized spacial score (nSPS) is 13.2. The van der Waals surface area contributed by atoms with Gasteiger partial charge < -0.3 is 18.7 Å². The van der Waals surface area contributed by atoms with Crippen LogP contribution in [0.15, 0.2) is 36.4 Å². The summed E-state index contributed by atoms with van der Waals surface area (Å²) in [6.07, 6.45) is 3.70. The van der Waals surface area contributed by atoms with E-state index in [1.165, 1.54) is 7.11 Å². The maximum atomic E-state index is 12.0. The van der Waals surface area contributed by atoms with Crippen LogP contribution in [0, 0.1) is 0 Å². The molecule has 0 aliphatic carbocycles. The molecule has 1 atom stereocenters. The predicted octanol–water partition coefficient (Wildman–Crippen LogP) is 3.91. The molecule has 0 amide bonds. The number of rotatable bonds is 9. The summed E-state index contributed by atoms with van der Waals surface area (Å²) in [6.45, 7) is 0. The van der Waals surface area contributed by atoms with Crippen LogP contribution in [0.1, 0.15) is 11.1 Å². The number of benzene rings is 2. The molecule has 8 nitrogen and oxygen atoms in total.